The summed E-state index contributed by atoms with van der Waals surface area (Å²) < 4.78 is 5.51. The topological polar surface area (TPSA) is 41.5 Å². The molecule has 1 heterocycles. The number of benzene rings is 1. The Labute approximate surface area is 102 Å². The van der Waals surface area contributed by atoms with Crippen LogP contribution in [0.4, 0.5) is 0 Å². The van der Waals surface area contributed by atoms with Gasteiger partial charge in [-0.15, -0.1) is 0 Å². The molecule has 1 aliphatic heterocycles. The summed E-state index contributed by atoms with van der Waals surface area (Å²) in [5, 5.41) is 12.8. The van der Waals surface area contributed by atoms with Crippen LogP contribution in [0.5, 0.6) is 0 Å². The molecule has 3 heteroatoms. The molecule has 0 bridgehead atoms. The monoisotopic (exact) mass is 233 g/mol. The third kappa shape index (κ3) is 3.16. The number of hydrogen-bond acceptors (Lipinski definition) is 3. The second kappa shape index (κ2) is 5.96. The summed E-state index contributed by atoms with van der Waals surface area (Å²) in [4.78, 5) is 0. The molecular formula is C14H19NO2. The molecule has 2 rings (SSSR count). The zero-order valence-corrected chi connectivity index (χ0v) is 10.0. The normalized spacial score (nSPS) is 22.6. The van der Waals surface area contributed by atoms with Crippen molar-refractivity contribution in [3.63, 3.8) is 0 Å². The van der Waals surface area contributed by atoms with E-state index in [1.165, 1.54) is 5.56 Å². The first-order chi connectivity index (χ1) is 8.31. The molecule has 0 saturated heterocycles. The van der Waals surface area contributed by atoms with Crippen LogP contribution in [-0.4, -0.2) is 30.5 Å². The molecule has 0 fully saturated rings. The SMILES string of the molecule is C[C@@H](N[C@@H](CO)[C@H]1C=CCO1)c1ccccc1. The molecule has 0 saturated carbocycles. The highest BCUT2D eigenvalue weighted by Crippen LogP contribution is 2.15. The van der Waals surface area contributed by atoms with Gasteiger partial charge in [0.2, 0.25) is 0 Å². The highest BCUT2D eigenvalue weighted by molar-refractivity contribution is 5.18. The van der Waals surface area contributed by atoms with Crippen LogP contribution in [0.25, 0.3) is 0 Å². The first kappa shape index (κ1) is 12.3. The Morgan fingerprint density at radius 3 is 2.76 bits per heavy atom. The predicted octanol–water partition coefficient (Wildman–Crippen LogP) is 1.65. The fourth-order valence-corrected chi connectivity index (χ4v) is 2.07. The number of hydrogen-bond donors (Lipinski definition) is 2. The number of rotatable bonds is 5. The van der Waals surface area contributed by atoms with Crippen LogP contribution in [0, 0.1) is 0 Å². The van der Waals surface area contributed by atoms with Gasteiger partial charge in [0.15, 0.2) is 0 Å². The lowest BCUT2D eigenvalue weighted by Crippen LogP contribution is -2.43. The fourth-order valence-electron chi connectivity index (χ4n) is 2.07. The van der Waals surface area contributed by atoms with Gasteiger partial charge in [0, 0.05) is 6.04 Å². The molecule has 0 aliphatic carbocycles. The van der Waals surface area contributed by atoms with Crippen molar-refractivity contribution in [2.24, 2.45) is 0 Å². The average molecular weight is 233 g/mol. The van der Waals surface area contributed by atoms with E-state index in [1.54, 1.807) is 0 Å². The highest BCUT2D eigenvalue weighted by atomic mass is 16.5. The van der Waals surface area contributed by atoms with Crippen molar-refractivity contribution >= 4 is 0 Å². The minimum atomic E-state index is -0.0519. The third-order valence-electron chi connectivity index (χ3n) is 3.07. The van der Waals surface area contributed by atoms with E-state index >= 15 is 0 Å². The number of aliphatic hydroxyl groups is 1. The van der Waals surface area contributed by atoms with E-state index in [2.05, 4.69) is 24.4 Å². The maximum atomic E-state index is 9.41. The maximum Gasteiger partial charge on any atom is 0.0936 e. The minimum absolute atomic E-state index is 0.0221. The molecule has 0 amide bonds. The molecule has 3 atom stereocenters. The highest BCUT2D eigenvalue weighted by Gasteiger charge is 2.23. The lowest BCUT2D eigenvalue weighted by molar-refractivity contribution is 0.0670. The van der Waals surface area contributed by atoms with E-state index in [0.717, 1.165) is 0 Å². The molecule has 0 spiro atoms. The second-order valence-electron chi connectivity index (χ2n) is 4.31. The zero-order valence-electron chi connectivity index (χ0n) is 10.0. The van der Waals surface area contributed by atoms with Crippen molar-refractivity contribution in [1.29, 1.82) is 0 Å². The van der Waals surface area contributed by atoms with Crippen molar-refractivity contribution in [1.82, 2.24) is 5.32 Å². The smallest absolute Gasteiger partial charge is 0.0936 e. The van der Waals surface area contributed by atoms with Gasteiger partial charge < -0.3 is 15.2 Å². The maximum absolute atomic E-state index is 9.41. The molecule has 1 aliphatic rings. The van der Waals surface area contributed by atoms with Crippen LogP contribution in [0.1, 0.15) is 18.5 Å². The minimum Gasteiger partial charge on any atom is -0.395 e. The van der Waals surface area contributed by atoms with Crippen molar-refractivity contribution in [2.75, 3.05) is 13.2 Å². The van der Waals surface area contributed by atoms with Crippen molar-refractivity contribution in [2.45, 2.75) is 25.1 Å². The Kier molecular flexibility index (Phi) is 4.31. The summed E-state index contributed by atoms with van der Waals surface area (Å²) in [6.45, 7) is 2.81. The molecule has 2 N–H and O–H groups in total. The van der Waals surface area contributed by atoms with Gasteiger partial charge in [-0.1, -0.05) is 42.5 Å². The summed E-state index contributed by atoms with van der Waals surface area (Å²) in [5.74, 6) is 0. The first-order valence-electron chi connectivity index (χ1n) is 6.01. The Bertz CT molecular complexity index is 364. The van der Waals surface area contributed by atoms with E-state index in [9.17, 15) is 5.11 Å². The predicted molar refractivity (Wildman–Crippen MR) is 67.7 cm³/mol. The molecule has 3 nitrogen and oxygen atoms in total. The van der Waals surface area contributed by atoms with Crippen LogP contribution in [0.3, 0.4) is 0 Å². The standard InChI is InChI=1S/C14H19NO2/c1-11(12-6-3-2-4-7-12)15-13(10-16)14-8-5-9-17-14/h2-8,11,13-16H,9-10H2,1H3/t11-,13+,14-/m1/s1. The van der Waals surface area contributed by atoms with E-state index < -0.39 is 0 Å². The zero-order chi connectivity index (χ0) is 12.1. The van der Waals surface area contributed by atoms with Gasteiger partial charge in [0.05, 0.1) is 25.4 Å². The molecule has 0 aromatic heterocycles. The fraction of sp³-hybridized carbons (Fsp3) is 0.429. The van der Waals surface area contributed by atoms with Gasteiger partial charge in [-0.2, -0.15) is 0 Å². The van der Waals surface area contributed by atoms with Gasteiger partial charge in [-0.3, -0.25) is 0 Å². The van der Waals surface area contributed by atoms with Crippen LogP contribution in [0.2, 0.25) is 0 Å². The Balaban J connectivity index is 1.96. The third-order valence-corrected chi connectivity index (χ3v) is 3.07. The second-order valence-corrected chi connectivity index (χ2v) is 4.31. The number of nitrogens with one attached hydrogen (secondary N) is 1. The molecule has 1 aromatic rings. The first-order valence-corrected chi connectivity index (χ1v) is 6.01. The average Bonchev–Trinajstić information content (AvgIpc) is 2.90. The molecular weight excluding hydrogens is 214 g/mol. The largest absolute Gasteiger partial charge is 0.395 e. The summed E-state index contributed by atoms with van der Waals surface area (Å²) in [6.07, 6.45) is 3.97. The number of ether oxygens (including phenoxy) is 1. The quantitative estimate of drug-likeness (QED) is 0.760. The lowest BCUT2D eigenvalue weighted by atomic mass is 10.1. The summed E-state index contributed by atoms with van der Waals surface area (Å²) in [6, 6.07) is 10.4. The van der Waals surface area contributed by atoms with Crippen LogP contribution in [0.15, 0.2) is 42.5 Å². The van der Waals surface area contributed by atoms with E-state index in [-0.39, 0.29) is 24.8 Å². The molecule has 17 heavy (non-hydrogen) atoms. The molecule has 0 radical (unpaired) electrons. The summed E-state index contributed by atoms with van der Waals surface area (Å²) in [7, 11) is 0. The number of aliphatic hydroxyl groups excluding tert-OH is 1. The van der Waals surface area contributed by atoms with E-state index in [4.69, 9.17) is 4.74 Å². The molecule has 1 aromatic carbocycles. The lowest BCUT2D eigenvalue weighted by Gasteiger charge is -2.25. The van der Waals surface area contributed by atoms with Crippen molar-refractivity contribution < 1.29 is 9.84 Å². The van der Waals surface area contributed by atoms with Crippen molar-refractivity contribution in [3.8, 4) is 0 Å². The van der Waals surface area contributed by atoms with Gasteiger partial charge in [0.25, 0.3) is 0 Å². The van der Waals surface area contributed by atoms with Crippen molar-refractivity contribution in [3.05, 3.63) is 48.0 Å². The Morgan fingerprint density at radius 1 is 1.41 bits per heavy atom. The van der Waals surface area contributed by atoms with Gasteiger partial charge in [0.1, 0.15) is 0 Å². The summed E-state index contributed by atoms with van der Waals surface area (Å²) in [5.41, 5.74) is 1.22. The van der Waals surface area contributed by atoms with Crippen LogP contribution < -0.4 is 5.32 Å². The Hall–Kier alpha value is -1.16. The summed E-state index contributed by atoms with van der Waals surface area (Å²) >= 11 is 0. The van der Waals surface area contributed by atoms with Gasteiger partial charge in [-0.25, -0.2) is 0 Å². The molecule has 92 valence electrons. The Morgan fingerprint density at radius 2 is 2.18 bits per heavy atom. The molecule has 0 unspecified atom stereocenters. The van der Waals surface area contributed by atoms with Gasteiger partial charge in [-0.05, 0) is 12.5 Å². The van der Waals surface area contributed by atoms with Crippen LogP contribution >= 0.6 is 0 Å². The van der Waals surface area contributed by atoms with Gasteiger partial charge >= 0.3 is 0 Å². The van der Waals surface area contributed by atoms with E-state index in [1.807, 2.05) is 30.4 Å². The van der Waals surface area contributed by atoms with Crippen LogP contribution in [-0.2, 0) is 4.74 Å². The van der Waals surface area contributed by atoms with E-state index in [0.29, 0.717) is 6.61 Å².